The van der Waals surface area contributed by atoms with E-state index in [2.05, 4.69) is 27.3 Å². The van der Waals surface area contributed by atoms with Crippen LogP contribution in [0.25, 0.3) is 11.0 Å². The summed E-state index contributed by atoms with van der Waals surface area (Å²) >= 11 is 1.32. The predicted octanol–water partition coefficient (Wildman–Crippen LogP) is 2.51. The SMILES string of the molecule is O=C(O)c1csc(Cn2nc3cc4c(cc3n2)CCCC4)n1. The highest BCUT2D eigenvalue weighted by Crippen LogP contribution is 2.25. The smallest absolute Gasteiger partial charge is 0.355 e. The molecule has 1 aromatic carbocycles. The van der Waals surface area contributed by atoms with Crippen LogP contribution in [0, 0.1) is 0 Å². The topological polar surface area (TPSA) is 80.9 Å². The molecular formula is C15H14N4O2S. The highest BCUT2D eigenvalue weighted by molar-refractivity contribution is 7.09. The molecule has 0 bridgehead atoms. The number of fused-ring (bicyclic) bond motifs is 2. The molecule has 0 saturated heterocycles. The molecule has 0 amide bonds. The lowest BCUT2D eigenvalue weighted by Crippen LogP contribution is -2.04. The lowest BCUT2D eigenvalue weighted by Gasteiger charge is -2.14. The molecule has 22 heavy (non-hydrogen) atoms. The number of hydrogen-bond donors (Lipinski definition) is 1. The molecule has 1 aliphatic rings. The molecule has 112 valence electrons. The zero-order valence-electron chi connectivity index (χ0n) is 11.8. The first kappa shape index (κ1) is 13.4. The van der Waals surface area contributed by atoms with Crippen LogP contribution in [0.5, 0.6) is 0 Å². The summed E-state index contributed by atoms with van der Waals surface area (Å²) in [5.74, 6) is -1.01. The van der Waals surface area contributed by atoms with E-state index < -0.39 is 5.97 Å². The highest BCUT2D eigenvalue weighted by atomic mass is 32.1. The standard InChI is InChI=1S/C15H14N4O2S/c20-15(21)13-8-22-14(16-13)7-19-17-11-5-9-3-1-2-4-10(9)6-12(11)18-19/h5-6,8H,1-4,7H2,(H,20,21). The van der Waals surface area contributed by atoms with Crippen LogP contribution in [0.3, 0.4) is 0 Å². The summed E-state index contributed by atoms with van der Waals surface area (Å²) in [6, 6.07) is 4.27. The molecule has 1 aliphatic carbocycles. The van der Waals surface area contributed by atoms with Gasteiger partial charge in [-0.15, -0.1) is 11.3 Å². The second-order valence-electron chi connectivity index (χ2n) is 5.48. The van der Waals surface area contributed by atoms with Gasteiger partial charge in [-0.05, 0) is 48.9 Å². The molecule has 7 heteroatoms. The van der Waals surface area contributed by atoms with Crippen molar-refractivity contribution in [2.75, 3.05) is 0 Å². The lowest BCUT2D eigenvalue weighted by atomic mass is 9.91. The van der Waals surface area contributed by atoms with E-state index in [0.29, 0.717) is 11.6 Å². The second kappa shape index (κ2) is 5.17. The third-order valence-corrected chi connectivity index (χ3v) is 4.77. The van der Waals surface area contributed by atoms with Crippen LogP contribution in [-0.2, 0) is 19.4 Å². The minimum Gasteiger partial charge on any atom is -0.476 e. The first-order valence-corrected chi connectivity index (χ1v) is 8.11. The Morgan fingerprint density at radius 2 is 1.82 bits per heavy atom. The highest BCUT2D eigenvalue weighted by Gasteiger charge is 2.14. The van der Waals surface area contributed by atoms with E-state index in [1.807, 2.05) is 0 Å². The van der Waals surface area contributed by atoms with E-state index in [1.165, 1.54) is 35.3 Å². The number of carbonyl (C=O) groups is 1. The number of aromatic carboxylic acids is 1. The van der Waals surface area contributed by atoms with Crippen molar-refractivity contribution < 1.29 is 9.90 Å². The number of aromatic nitrogens is 4. The van der Waals surface area contributed by atoms with Crippen LogP contribution in [0.15, 0.2) is 17.5 Å². The summed E-state index contributed by atoms with van der Waals surface area (Å²) in [5, 5.41) is 20.1. The Labute approximate surface area is 130 Å². The summed E-state index contributed by atoms with van der Waals surface area (Å²) in [6.45, 7) is 0.400. The van der Waals surface area contributed by atoms with E-state index in [1.54, 1.807) is 10.2 Å². The zero-order valence-corrected chi connectivity index (χ0v) is 12.6. The van der Waals surface area contributed by atoms with Gasteiger partial charge in [-0.3, -0.25) is 0 Å². The summed E-state index contributed by atoms with van der Waals surface area (Å²) in [6.07, 6.45) is 4.71. The summed E-state index contributed by atoms with van der Waals surface area (Å²) in [4.78, 5) is 16.5. The van der Waals surface area contributed by atoms with Crippen molar-refractivity contribution >= 4 is 28.3 Å². The van der Waals surface area contributed by atoms with Crippen molar-refractivity contribution in [2.45, 2.75) is 32.2 Å². The van der Waals surface area contributed by atoms with Crippen LogP contribution in [0.4, 0.5) is 0 Å². The maximum Gasteiger partial charge on any atom is 0.355 e. The quantitative estimate of drug-likeness (QED) is 0.803. The lowest BCUT2D eigenvalue weighted by molar-refractivity contribution is 0.0691. The number of rotatable bonds is 3. The molecule has 0 radical (unpaired) electrons. The molecule has 2 aromatic heterocycles. The molecule has 0 unspecified atom stereocenters. The van der Waals surface area contributed by atoms with E-state index in [-0.39, 0.29) is 5.69 Å². The minimum atomic E-state index is -1.01. The molecule has 0 saturated carbocycles. The summed E-state index contributed by atoms with van der Waals surface area (Å²) in [7, 11) is 0. The Balaban J connectivity index is 1.65. The van der Waals surface area contributed by atoms with Gasteiger partial charge < -0.3 is 5.11 Å². The minimum absolute atomic E-state index is 0.0761. The van der Waals surface area contributed by atoms with Crippen LogP contribution in [0.2, 0.25) is 0 Å². The number of thiazole rings is 1. The second-order valence-corrected chi connectivity index (χ2v) is 6.42. The first-order chi connectivity index (χ1) is 10.7. The molecule has 0 atom stereocenters. The predicted molar refractivity (Wildman–Crippen MR) is 82.3 cm³/mol. The van der Waals surface area contributed by atoms with Gasteiger partial charge in [-0.25, -0.2) is 9.78 Å². The monoisotopic (exact) mass is 314 g/mol. The number of benzene rings is 1. The Morgan fingerprint density at radius 1 is 1.18 bits per heavy atom. The van der Waals surface area contributed by atoms with E-state index >= 15 is 0 Å². The maximum absolute atomic E-state index is 10.9. The van der Waals surface area contributed by atoms with Gasteiger partial charge >= 0.3 is 5.97 Å². The van der Waals surface area contributed by atoms with Crippen molar-refractivity contribution in [1.29, 1.82) is 0 Å². The summed E-state index contributed by atoms with van der Waals surface area (Å²) < 4.78 is 0. The fourth-order valence-corrected chi connectivity index (χ4v) is 3.61. The van der Waals surface area contributed by atoms with Crippen molar-refractivity contribution in [2.24, 2.45) is 0 Å². The Bertz CT molecular complexity index is 825. The molecule has 1 N–H and O–H groups in total. The van der Waals surface area contributed by atoms with Crippen LogP contribution < -0.4 is 0 Å². The molecular weight excluding hydrogens is 300 g/mol. The van der Waals surface area contributed by atoms with Gasteiger partial charge in [0.15, 0.2) is 5.69 Å². The van der Waals surface area contributed by atoms with Crippen molar-refractivity contribution in [3.05, 3.63) is 39.3 Å². The Hall–Kier alpha value is -2.28. The molecule has 0 spiro atoms. The van der Waals surface area contributed by atoms with Gasteiger partial charge in [0.1, 0.15) is 22.6 Å². The first-order valence-electron chi connectivity index (χ1n) is 7.23. The van der Waals surface area contributed by atoms with Gasteiger partial charge in [0.25, 0.3) is 0 Å². The molecule has 6 nitrogen and oxygen atoms in total. The normalized spacial score (nSPS) is 14.2. The van der Waals surface area contributed by atoms with Gasteiger partial charge in [0.2, 0.25) is 0 Å². The van der Waals surface area contributed by atoms with E-state index in [9.17, 15) is 4.79 Å². The van der Waals surface area contributed by atoms with Gasteiger partial charge in [-0.2, -0.15) is 15.0 Å². The van der Waals surface area contributed by atoms with Crippen molar-refractivity contribution in [1.82, 2.24) is 20.0 Å². The average Bonchev–Trinajstić information content (AvgIpc) is 3.11. The van der Waals surface area contributed by atoms with Crippen molar-refractivity contribution in [3.63, 3.8) is 0 Å². The number of carboxylic acids is 1. The number of hydrogen-bond acceptors (Lipinski definition) is 5. The van der Waals surface area contributed by atoms with Gasteiger partial charge in [0.05, 0.1) is 0 Å². The number of nitrogens with zero attached hydrogens (tertiary/aromatic N) is 4. The summed E-state index contributed by atoms with van der Waals surface area (Å²) in [5.41, 5.74) is 4.64. The molecule has 0 aliphatic heterocycles. The third kappa shape index (κ3) is 2.37. The molecule has 2 heterocycles. The van der Waals surface area contributed by atoms with Crippen LogP contribution in [0.1, 0.15) is 39.5 Å². The number of aryl methyl sites for hydroxylation is 2. The molecule has 4 rings (SSSR count). The van der Waals surface area contributed by atoms with Crippen molar-refractivity contribution in [3.8, 4) is 0 Å². The van der Waals surface area contributed by atoms with Gasteiger partial charge in [0, 0.05) is 5.38 Å². The Kier molecular flexibility index (Phi) is 3.15. The van der Waals surface area contributed by atoms with Crippen LogP contribution >= 0.6 is 11.3 Å². The van der Waals surface area contributed by atoms with E-state index in [0.717, 1.165) is 23.9 Å². The third-order valence-electron chi connectivity index (χ3n) is 3.93. The fourth-order valence-electron chi connectivity index (χ4n) is 2.86. The Morgan fingerprint density at radius 3 is 2.36 bits per heavy atom. The van der Waals surface area contributed by atoms with Crippen LogP contribution in [-0.4, -0.2) is 31.1 Å². The molecule has 0 fully saturated rings. The molecule has 3 aromatic rings. The fraction of sp³-hybridized carbons (Fsp3) is 0.333. The zero-order chi connectivity index (χ0) is 15.1. The number of carboxylic acid groups (broad SMARTS) is 1. The maximum atomic E-state index is 10.9. The van der Waals surface area contributed by atoms with Gasteiger partial charge in [-0.1, -0.05) is 0 Å². The largest absolute Gasteiger partial charge is 0.476 e. The average molecular weight is 314 g/mol. The van der Waals surface area contributed by atoms with E-state index in [4.69, 9.17) is 5.11 Å².